The van der Waals surface area contributed by atoms with E-state index in [1.165, 1.54) is 5.56 Å². The Morgan fingerprint density at radius 1 is 1.10 bits per heavy atom. The predicted octanol–water partition coefficient (Wildman–Crippen LogP) is 4.39. The molecule has 1 heterocycles. The van der Waals surface area contributed by atoms with Gasteiger partial charge in [0.2, 0.25) is 0 Å². The van der Waals surface area contributed by atoms with Crippen LogP contribution in [-0.2, 0) is 13.0 Å². The molecule has 0 aromatic heterocycles. The second-order valence-electron chi connectivity index (χ2n) is 4.95. The Balaban J connectivity index is 1.79. The first-order valence-corrected chi connectivity index (χ1v) is 7.97. The van der Waals surface area contributed by atoms with Crippen LogP contribution < -0.4 is 14.8 Å². The Bertz CT molecular complexity index is 643. The van der Waals surface area contributed by atoms with Crippen molar-refractivity contribution in [1.82, 2.24) is 0 Å². The summed E-state index contributed by atoms with van der Waals surface area (Å²) in [6, 6.07) is 12.4. The third-order valence-electron chi connectivity index (χ3n) is 3.57. The molecule has 0 spiro atoms. The minimum Gasteiger partial charge on any atom is -0.486 e. The van der Waals surface area contributed by atoms with Crippen molar-refractivity contribution in [2.45, 2.75) is 19.9 Å². The summed E-state index contributed by atoms with van der Waals surface area (Å²) in [6.07, 6.45) is 0.994. The average Bonchev–Trinajstić information content (AvgIpc) is 2.53. The van der Waals surface area contributed by atoms with Crippen LogP contribution in [0, 0.1) is 0 Å². The normalized spacial score (nSPS) is 13.0. The fourth-order valence-electron chi connectivity index (χ4n) is 2.49. The summed E-state index contributed by atoms with van der Waals surface area (Å²) >= 11 is 3.52. The van der Waals surface area contributed by atoms with Crippen LogP contribution in [0.15, 0.2) is 40.9 Å². The molecule has 1 aliphatic rings. The Morgan fingerprint density at radius 2 is 1.95 bits per heavy atom. The van der Waals surface area contributed by atoms with Gasteiger partial charge in [-0.1, -0.05) is 35.0 Å². The zero-order valence-electron chi connectivity index (χ0n) is 12.0. The standard InChI is InChI=1S/C17H18BrNO2/c1-2-12-10-14(18)6-7-15(12)19-11-13-4-3-5-16-17(13)21-9-8-20-16/h3-7,10,19H,2,8-9,11H2,1H3. The maximum Gasteiger partial charge on any atom is 0.166 e. The number of para-hydroxylation sites is 1. The van der Waals surface area contributed by atoms with Crippen molar-refractivity contribution >= 4 is 21.6 Å². The quantitative estimate of drug-likeness (QED) is 0.889. The van der Waals surface area contributed by atoms with Crippen LogP contribution in [0.4, 0.5) is 5.69 Å². The monoisotopic (exact) mass is 347 g/mol. The van der Waals surface area contributed by atoms with E-state index in [4.69, 9.17) is 9.47 Å². The predicted molar refractivity (Wildman–Crippen MR) is 88.3 cm³/mol. The molecule has 0 radical (unpaired) electrons. The third-order valence-corrected chi connectivity index (χ3v) is 4.06. The van der Waals surface area contributed by atoms with Crippen LogP contribution in [0.3, 0.4) is 0 Å². The van der Waals surface area contributed by atoms with Crippen molar-refractivity contribution in [3.8, 4) is 11.5 Å². The van der Waals surface area contributed by atoms with Gasteiger partial charge in [-0.25, -0.2) is 0 Å². The smallest absolute Gasteiger partial charge is 0.166 e. The number of hydrogen-bond donors (Lipinski definition) is 1. The SMILES string of the molecule is CCc1cc(Br)ccc1NCc1cccc2c1OCCO2. The van der Waals surface area contributed by atoms with Gasteiger partial charge in [0.25, 0.3) is 0 Å². The van der Waals surface area contributed by atoms with Crippen LogP contribution in [0.1, 0.15) is 18.1 Å². The summed E-state index contributed by atoms with van der Waals surface area (Å²) in [5.41, 5.74) is 3.58. The maximum atomic E-state index is 5.75. The van der Waals surface area contributed by atoms with Gasteiger partial charge in [0.1, 0.15) is 13.2 Å². The molecule has 3 nitrogen and oxygen atoms in total. The van der Waals surface area contributed by atoms with Gasteiger partial charge in [-0.3, -0.25) is 0 Å². The molecule has 0 aliphatic carbocycles. The molecule has 1 aliphatic heterocycles. The van der Waals surface area contributed by atoms with Gasteiger partial charge in [0.15, 0.2) is 11.5 Å². The second-order valence-corrected chi connectivity index (χ2v) is 5.87. The fourth-order valence-corrected chi connectivity index (χ4v) is 2.90. The molecule has 3 rings (SSSR count). The lowest BCUT2D eigenvalue weighted by Gasteiger charge is -2.21. The highest BCUT2D eigenvalue weighted by molar-refractivity contribution is 9.10. The molecular weight excluding hydrogens is 330 g/mol. The third kappa shape index (κ3) is 3.16. The summed E-state index contributed by atoms with van der Waals surface area (Å²) in [6.45, 7) is 4.12. The van der Waals surface area contributed by atoms with E-state index in [2.05, 4.69) is 52.4 Å². The molecular formula is C17H18BrNO2. The van der Waals surface area contributed by atoms with Gasteiger partial charge in [0, 0.05) is 22.3 Å². The van der Waals surface area contributed by atoms with E-state index in [0.29, 0.717) is 13.2 Å². The van der Waals surface area contributed by atoms with Gasteiger partial charge < -0.3 is 14.8 Å². The molecule has 2 aromatic rings. The first-order chi connectivity index (χ1) is 10.3. The van der Waals surface area contributed by atoms with E-state index >= 15 is 0 Å². The van der Waals surface area contributed by atoms with E-state index in [9.17, 15) is 0 Å². The number of rotatable bonds is 4. The van der Waals surface area contributed by atoms with Crippen molar-refractivity contribution in [3.63, 3.8) is 0 Å². The molecule has 0 bridgehead atoms. The Hall–Kier alpha value is -1.68. The van der Waals surface area contributed by atoms with Crippen LogP contribution in [0.2, 0.25) is 0 Å². The van der Waals surface area contributed by atoms with Crippen molar-refractivity contribution in [2.24, 2.45) is 0 Å². The van der Waals surface area contributed by atoms with Gasteiger partial charge in [-0.05, 0) is 36.2 Å². The molecule has 0 saturated carbocycles. The van der Waals surface area contributed by atoms with E-state index < -0.39 is 0 Å². The highest BCUT2D eigenvalue weighted by atomic mass is 79.9. The first-order valence-electron chi connectivity index (χ1n) is 7.17. The Labute approximate surface area is 133 Å². The van der Waals surface area contributed by atoms with E-state index in [-0.39, 0.29) is 0 Å². The summed E-state index contributed by atoms with van der Waals surface area (Å²) in [5.74, 6) is 1.71. The topological polar surface area (TPSA) is 30.5 Å². The molecule has 4 heteroatoms. The number of aryl methyl sites for hydroxylation is 1. The van der Waals surface area contributed by atoms with Gasteiger partial charge >= 0.3 is 0 Å². The number of halogens is 1. The molecule has 110 valence electrons. The second kappa shape index (κ2) is 6.39. The molecule has 0 atom stereocenters. The largest absolute Gasteiger partial charge is 0.486 e. The molecule has 1 N–H and O–H groups in total. The Kier molecular flexibility index (Phi) is 4.34. The highest BCUT2D eigenvalue weighted by Crippen LogP contribution is 2.34. The van der Waals surface area contributed by atoms with Gasteiger partial charge in [-0.2, -0.15) is 0 Å². The fraction of sp³-hybridized carbons (Fsp3) is 0.294. The lowest BCUT2D eigenvalue weighted by Crippen LogP contribution is -2.17. The minimum absolute atomic E-state index is 0.614. The Morgan fingerprint density at radius 3 is 2.81 bits per heavy atom. The lowest BCUT2D eigenvalue weighted by atomic mass is 10.1. The number of hydrogen-bond acceptors (Lipinski definition) is 3. The number of fused-ring (bicyclic) bond motifs is 1. The van der Waals surface area contributed by atoms with E-state index in [0.717, 1.165) is 40.2 Å². The molecule has 2 aromatic carbocycles. The molecule has 0 amide bonds. The first kappa shape index (κ1) is 14.3. The minimum atomic E-state index is 0.614. The van der Waals surface area contributed by atoms with Gasteiger partial charge in [0.05, 0.1) is 0 Å². The molecule has 21 heavy (non-hydrogen) atoms. The average molecular weight is 348 g/mol. The molecule has 0 unspecified atom stereocenters. The van der Waals surface area contributed by atoms with E-state index in [1.54, 1.807) is 0 Å². The highest BCUT2D eigenvalue weighted by Gasteiger charge is 2.15. The van der Waals surface area contributed by atoms with Crippen molar-refractivity contribution in [3.05, 3.63) is 52.0 Å². The zero-order valence-corrected chi connectivity index (χ0v) is 13.6. The van der Waals surface area contributed by atoms with E-state index in [1.807, 2.05) is 12.1 Å². The van der Waals surface area contributed by atoms with Gasteiger partial charge in [-0.15, -0.1) is 0 Å². The summed E-state index contributed by atoms with van der Waals surface area (Å²) < 4.78 is 12.5. The maximum absolute atomic E-state index is 5.75. The molecule has 0 saturated heterocycles. The number of anilines is 1. The van der Waals surface area contributed by atoms with Crippen LogP contribution in [-0.4, -0.2) is 13.2 Å². The summed E-state index contributed by atoms with van der Waals surface area (Å²) in [7, 11) is 0. The van der Waals surface area contributed by atoms with Crippen molar-refractivity contribution < 1.29 is 9.47 Å². The summed E-state index contributed by atoms with van der Waals surface area (Å²) in [5, 5.41) is 3.50. The van der Waals surface area contributed by atoms with Crippen LogP contribution in [0.5, 0.6) is 11.5 Å². The number of ether oxygens (including phenoxy) is 2. The van der Waals surface area contributed by atoms with Crippen LogP contribution >= 0.6 is 15.9 Å². The molecule has 0 fully saturated rings. The van der Waals surface area contributed by atoms with Crippen molar-refractivity contribution in [2.75, 3.05) is 18.5 Å². The number of nitrogens with one attached hydrogen (secondary N) is 1. The lowest BCUT2D eigenvalue weighted by molar-refractivity contribution is 0.170. The van der Waals surface area contributed by atoms with Crippen molar-refractivity contribution in [1.29, 1.82) is 0 Å². The summed E-state index contributed by atoms with van der Waals surface area (Å²) in [4.78, 5) is 0. The zero-order chi connectivity index (χ0) is 14.7. The van der Waals surface area contributed by atoms with Crippen LogP contribution in [0.25, 0.3) is 0 Å². The number of benzene rings is 2.